The molecule has 2 aromatic rings. The summed E-state index contributed by atoms with van der Waals surface area (Å²) in [5.41, 5.74) is 0.958. The van der Waals surface area contributed by atoms with Gasteiger partial charge in [0.1, 0.15) is 5.76 Å². The summed E-state index contributed by atoms with van der Waals surface area (Å²) in [5, 5.41) is 0.819. The van der Waals surface area contributed by atoms with Gasteiger partial charge in [0, 0.05) is 6.42 Å². The highest BCUT2D eigenvalue weighted by atomic mass is 32.1. The van der Waals surface area contributed by atoms with Crippen molar-refractivity contribution in [2.75, 3.05) is 0 Å². The molecule has 0 aliphatic heterocycles. The van der Waals surface area contributed by atoms with Gasteiger partial charge in [-0.15, -0.1) is 11.3 Å². The van der Waals surface area contributed by atoms with Crippen molar-refractivity contribution >= 4 is 17.1 Å². The first-order chi connectivity index (χ1) is 8.44. The van der Waals surface area contributed by atoms with Gasteiger partial charge in [-0.25, -0.2) is 4.98 Å². The van der Waals surface area contributed by atoms with Crippen LogP contribution in [0.3, 0.4) is 0 Å². The predicted octanol–water partition coefficient (Wildman–Crippen LogP) is 3.87. The van der Waals surface area contributed by atoms with Crippen LogP contribution in [-0.4, -0.2) is 10.8 Å². The van der Waals surface area contributed by atoms with E-state index in [1.807, 2.05) is 19.1 Å². The van der Waals surface area contributed by atoms with Crippen molar-refractivity contribution in [2.24, 2.45) is 5.41 Å². The maximum atomic E-state index is 12.1. The van der Waals surface area contributed by atoms with Gasteiger partial charge in [-0.05, 0) is 30.9 Å². The van der Waals surface area contributed by atoms with Gasteiger partial charge < -0.3 is 4.42 Å². The van der Waals surface area contributed by atoms with Crippen molar-refractivity contribution in [3.63, 3.8) is 0 Å². The van der Waals surface area contributed by atoms with Crippen LogP contribution >= 0.6 is 11.3 Å². The Kier molecular flexibility index (Phi) is 2.45. The molecule has 1 aliphatic rings. The third-order valence-electron chi connectivity index (χ3n) is 3.19. The quantitative estimate of drug-likeness (QED) is 0.782. The second kappa shape index (κ2) is 3.79. The summed E-state index contributed by atoms with van der Waals surface area (Å²) in [7, 11) is 0. The highest BCUT2D eigenvalue weighted by Gasteiger charge is 2.34. The van der Waals surface area contributed by atoms with E-state index >= 15 is 0 Å². The molecule has 0 saturated heterocycles. The van der Waals surface area contributed by atoms with E-state index in [-0.39, 0.29) is 11.2 Å². The van der Waals surface area contributed by atoms with Gasteiger partial charge in [-0.3, -0.25) is 4.79 Å². The van der Waals surface area contributed by atoms with Crippen molar-refractivity contribution in [3.05, 3.63) is 28.5 Å². The Hall–Kier alpha value is -1.42. The van der Waals surface area contributed by atoms with E-state index < -0.39 is 0 Å². The fourth-order valence-electron chi connectivity index (χ4n) is 2.37. The second-order valence-corrected chi connectivity index (χ2v) is 6.65. The van der Waals surface area contributed by atoms with Crippen LogP contribution < -0.4 is 0 Å². The molecule has 2 heterocycles. The van der Waals surface area contributed by atoms with E-state index in [2.05, 4.69) is 18.8 Å². The first-order valence-electron chi connectivity index (χ1n) is 6.04. The number of nitrogens with zero attached hydrogens (tertiary/aromatic N) is 1. The number of furan rings is 1. The third-order valence-corrected chi connectivity index (χ3v) is 4.34. The number of fused-ring (bicyclic) bond motifs is 1. The molecular formula is C14H15NO2S. The van der Waals surface area contributed by atoms with E-state index in [4.69, 9.17) is 4.42 Å². The van der Waals surface area contributed by atoms with Crippen molar-refractivity contribution < 1.29 is 9.21 Å². The number of carbonyl (C=O) groups excluding carboxylic acids is 1. The Morgan fingerprint density at radius 1 is 1.33 bits per heavy atom. The van der Waals surface area contributed by atoms with E-state index in [0.717, 1.165) is 33.5 Å². The van der Waals surface area contributed by atoms with Crippen molar-refractivity contribution in [2.45, 2.75) is 33.6 Å². The molecule has 1 aliphatic carbocycles. The molecule has 0 radical (unpaired) electrons. The predicted molar refractivity (Wildman–Crippen MR) is 71.0 cm³/mol. The van der Waals surface area contributed by atoms with Gasteiger partial charge in [0.25, 0.3) is 0 Å². The van der Waals surface area contributed by atoms with Gasteiger partial charge >= 0.3 is 0 Å². The fourth-order valence-corrected chi connectivity index (χ4v) is 3.36. The SMILES string of the molecule is Cc1ccc(-c2nc3c(s2)C(=O)CC(C)(C)C3)o1. The van der Waals surface area contributed by atoms with E-state index in [9.17, 15) is 4.79 Å². The molecule has 0 aromatic carbocycles. The molecule has 18 heavy (non-hydrogen) atoms. The average molecular weight is 261 g/mol. The zero-order valence-electron chi connectivity index (χ0n) is 10.7. The van der Waals surface area contributed by atoms with Crippen LogP contribution in [0.1, 0.15) is 41.4 Å². The van der Waals surface area contributed by atoms with Gasteiger partial charge in [0.05, 0.1) is 10.6 Å². The normalized spacial score (nSPS) is 17.8. The van der Waals surface area contributed by atoms with E-state index in [0.29, 0.717) is 6.42 Å². The molecule has 3 nitrogen and oxygen atoms in total. The molecule has 0 amide bonds. The molecule has 0 bridgehead atoms. The highest BCUT2D eigenvalue weighted by molar-refractivity contribution is 7.17. The molecule has 3 rings (SSSR count). The van der Waals surface area contributed by atoms with Gasteiger partial charge in [0.15, 0.2) is 16.6 Å². The lowest BCUT2D eigenvalue weighted by Gasteiger charge is -2.26. The molecule has 4 heteroatoms. The molecule has 0 unspecified atom stereocenters. The third kappa shape index (κ3) is 1.90. The van der Waals surface area contributed by atoms with E-state index in [1.165, 1.54) is 11.3 Å². The topological polar surface area (TPSA) is 43.1 Å². The lowest BCUT2D eigenvalue weighted by atomic mass is 9.78. The smallest absolute Gasteiger partial charge is 0.175 e. The monoisotopic (exact) mass is 261 g/mol. The largest absolute Gasteiger partial charge is 0.459 e. The van der Waals surface area contributed by atoms with E-state index in [1.54, 1.807) is 0 Å². The number of carbonyl (C=O) groups is 1. The summed E-state index contributed by atoms with van der Waals surface area (Å²) in [6.07, 6.45) is 1.48. The number of Topliss-reactive ketones (excluding diaryl/α,β-unsaturated/α-hetero) is 1. The van der Waals surface area contributed by atoms with Crippen LogP contribution in [0.15, 0.2) is 16.5 Å². The summed E-state index contributed by atoms with van der Waals surface area (Å²) in [6.45, 7) is 6.14. The first-order valence-corrected chi connectivity index (χ1v) is 6.86. The maximum absolute atomic E-state index is 12.1. The zero-order chi connectivity index (χ0) is 12.9. The van der Waals surface area contributed by atoms with Crippen LogP contribution in [0, 0.1) is 12.3 Å². The summed E-state index contributed by atoms with van der Waals surface area (Å²) in [6, 6.07) is 3.83. The Morgan fingerprint density at radius 2 is 2.11 bits per heavy atom. The lowest BCUT2D eigenvalue weighted by Crippen LogP contribution is -2.25. The van der Waals surface area contributed by atoms with Gasteiger partial charge in [0.2, 0.25) is 0 Å². The number of aryl methyl sites for hydroxylation is 1. The first kappa shape index (κ1) is 11.7. The summed E-state index contributed by atoms with van der Waals surface area (Å²) < 4.78 is 5.57. The maximum Gasteiger partial charge on any atom is 0.175 e. The number of rotatable bonds is 1. The van der Waals surface area contributed by atoms with Crippen LogP contribution in [0.2, 0.25) is 0 Å². The number of thiazole rings is 1. The number of ketones is 1. The minimum absolute atomic E-state index is 0.0223. The number of aromatic nitrogens is 1. The molecule has 94 valence electrons. The van der Waals surface area contributed by atoms with Crippen molar-refractivity contribution in [3.8, 4) is 10.8 Å². The summed E-state index contributed by atoms with van der Waals surface area (Å²) >= 11 is 1.46. The van der Waals surface area contributed by atoms with Crippen LogP contribution in [0.4, 0.5) is 0 Å². The summed E-state index contributed by atoms with van der Waals surface area (Å²) in [4.78, 5) is 17.5. The lowest BCUT2D eigenvalue weighted by molar-refractivity contribution is 0.0916. The van der Waals surface area contributed by atoms with Gasteiger partial charge in [-0.2, -0.15) is 0 Å². The van der Waals surface area contributed by atoms with Crippen LogP contribution in [0.25, 0.3) is 10.8 Å². The zero-order valence-corrected chi connectivity index (χ0v) is 11.6. The molecule has 0 saturated carbocycles. The van der Waals surface area contributed by atoms with Crippen LogP contribution in [0.5, 0.6) is 0 Å². The minimum atomic E-state index is 0.0223. The molecule has 0 N–H and O–H groups in total. The fraction of sp³-hybridized carbons (Fsp3) is 0.429. The van der Waals surface area contributed by atoms with Crippen molar-refractivity contribution in [1.82, 2.24) is 4.98 Å². The minimum Gasteiger partial charge on any atom is -0.459 e. The Labute approximate surface area is 110 Å². The highest BCUT2D eigenvalue weighted by Crippen LogP contribution is 2.39. The van der Waals surface area contributed by atoms with Gasteiger partial charge in [-0.1, -0.05) is 13.8 Å². The van der Waals surface area contributed by atoms with Crippen molar-refractivity contribution in [1.29, 1.82) is 0 Å². The molecule has 0 spiro atoms. The summed E-state index contributed by atoms with van der Waals surface area (Å²) in [5.74, 6) is 1.84. The number of hydrogen-bond acceptors (Lipinski definition) is 4. The Balaban J connectivity index is 2.05. The molecular weight excluding hydrogens is 246 g/mol. The van der Waals surface area contributed by atoms with Crippen LogP contribution in [-0.2, 0) is 6.42 Å². The molecule has 2 aromatic heterocycles. The molecule has 0 atom stereocenters. The molecule has 0 fully saturated rings. The Bertz CT molecular complexity index is 622. The standard InChI is InChI=1S/C14H15NO2S/c1-8-4-5-11(17-8)13-15-9-6-14(2,3)7-10(16)12(9)18-13/h4-5H,6-7H2,1-3H3. The second-order valence-electron chi connectivity index (χ2n) is 5.65. The number of hydrogen-bond donors (Lipinski definition) is 0. The Morgan fingerprint density at radius 3 is 2.78 bits per heavy atom. The average Bonchev–Trinajstić information content (AvgIpc) is 2.82.